The van der Waals surface area contributed by atoms with E-state index in [1.165, 1.54) is 11.3 Å². The lowest BCUT2D eigenvalue weighted by Gasteiger charge is -2.38. The summed E-state index contributed by atoms with van der Waals surface area (Å²) in [5, 5.41) is 15.2. The number of aliphatic hydroxyl groups excluding tert-OH is 1. The summed E-state index contributed by atoms with van der Waals surface area (Å²) in [6.45, 7) is 2.95. The fraction of sp³-hybridized carbons (Fsp3) is 0.296. The minimum absolute atomic E-state index is 0.112. The second kappa shape index (κ2) is 9.54. The Labute approximate surface area is 207 Å². The van der Waals surface area contributed by atoms with Crippen molar-refractivity contribution in [1.82, 2.24) is 9.80 Å². The van der Waals surface area contributed by atoms with Crippen LogP contribution in [-0.2, 0) is 14.3 Å². The van der Waals surface area contributed by atoms with Crippen molar-refractivity contribution < 1.29 is 24.2 Å². The van der Waals surface area contributed by atoms with Crippen molar-refractivity contribution in [3.8, 4) is 0 Å². The zero-order chi connectivity index (χ0) is 24.5. The molecule has 0 aliphatic carbocycles. The van der Waals surface area contributed by atoms with E-state index < -0.39 is 17.7 Å². The Bertz CT molecular complexity index is 1310. The first kappa shape index (κ1) is 23.1. The van der Waals surface area contributed by atoms with Crippen LogP contribution in [0.4, 0.5) is 4.79 Å². The molecule has 1 atom stereocenters. The summed E-state index contributed by atoms with van der Waals surface area (Å²) >= 11 is 1.45. The second-order valence-corrected chi connectivity index (χ2v) is 9.68. The van der Waals surface area contributed by atoms with E-state index in [0.717, 1.165) is 15.6 Å². The number of carbonyl (C=O) groups is 3. The molecule has 7 nitrogen and oxygen atoms in total. The van der Waals surface area contributed by atoms with Crippen molar-refractivity contribution in [2.75, 3.05) is 19.7 Å². The van der Waals surface area contributed by atoms with Gasteiger partial charge in [0.1, 0.15) is 5.76 Å². The molecule has 2 aliphatic rings. The number of likely N-dealkylation sites (tertiary alicyclic amines) is 2. The molecule has 35 heavy (non-hydrogen) atoms. The van der Waals surface area contributed by atoms with Crippen LogP contribution in [0.25, 0.3) is 16.5 Å². The van der Waals surface area contributed by atoms with Crippen molar-refractivity contribution in [2.24, 2.45) is 0 Å². The molecule has 0 radical (unpaired) electrons. The molecule has 2 saturated heterocycles. The molecule has 2 amide bonds. The van der Waals surface area contributed by atoms with Gasteiger partial charge in [0.05, 0.1) is 18.2 Å². The Kier molecular flexibility index (Phi) is 6.30. The summed E-state index contributed by atoms with van der Waals surface area (Å²) in [4.78, 5) is 42.8. The van der Waals surface area contributed by atoms with Crippen molar-refractivity contribution in [3.63, 3.8) is 0 Å². The summed E-state index contributed by atoms with van der Waals surface area (Å²) in [5.41, 5.74) is 0.612. The molecule has 3 aromatic rings. The normalized spacial score (nSPS) is 20.5. The predicted octanol–water partition coefficient (Wildman–Crippen LogP) is 4.94. The third-order valence-electron chi connectivity index (χ3n) is 6.70. The number of carbonyl (C=O) groups excluding carboxylic acids is 3. The third-order valence-corrected chi connectivity index (χ3v) is 7.62. The minimum atomic E-state index is -0.679. The summed E-state index contributed by atoms with van der Waals surface area (Å²) < 4.78 is 5.10. The number of amides is 2. The predicted molar refractivity (Wildman–Crippen MR) is 134 cm³/mol. The molecule has 0 saturated carbocycles. The number of hydrogen-bond acceptors (Lipinski definition) is 6. The molecule has 2 fully saturated rings. The fourth-order valence-electron chi connectivity index (χ4n) is 4.99. The van der Waals surface area contributed by atoms with E-state index in [0.29, 0.717) is 38.1 Å². The highest BCUT2D eigenvalue weighted by Gasteiger charge is 2.49. The zero-order valence-electron chi connectivity index (χ0n) is 19.3. The van der Waals surface area contributed by atoms with Gasteiger partial charge in [0.15, 0.2) is 0 Å². The van der Waals surface area contributed by atoms with Crippen LogP contribution in [0.5, 0.6) is 0 Å². The summed E-state index contributed by atoms with van der Waals surface area (Å²) in [6.07, 6.45) is 0.701. The maximum atomic E-state index is 13.3. The van der Waals surface area contributed by atoms with Crippen molar-refractivity contribution in [2.45, 2.75) is 31.8 Å². The number of nitrogens with zero attached hydrogens (tertiary/aromatic N) is 2. The van der Waals surface area contributed by atoms with Crippen molar-refractivity contribution >= 4 is 45.7 Å². The van der Waals surface area contributed by atoms with Crippen molar-refractivity contribution in [1.29, 1.82) is 0 Å². The molecular formula is C27H26N2O5S. The van der Waals surface area contributed by atoms with Crippen LogP contribution in [0.1, 0.15) is 36.2 Å². The Hall–Kier alpha value is -3.65. The maximum absolute atomic E-state index is 13.3. The first-order valence-electron chi connectivity index (χ1n) is 11.7. The van der Waals surface area contributed by atoms with Gasteiger partial charge in [-0.25, -0.2) is 4.79 Å². The van der Waals surface area contributed by atoms with Crippen LogP contribution in [0.2, 0.25) is 0 Å². The lowest BCUT2D eigenvalue weighted by atomic mass is 9.97. The van der Waals surface area contributed by atoms with Gasteiger partial charge in [-0.3, -0.25) is 9.59 Å². The van der Waals surface area contributed by atoms with E-state index in [4.69, 9.17) is 4.74 Å². The Balaban J connectivity index is 1.52. The first-order valence-corrected chi connectivity index (χ1v) is 12.6. The van der Waals surface area contributed by atoms with Gasteiger partial charge in [-0.05, 0) is 48.1 Å². The van der Waals surface area contributed by atoms with Crippen LogP contribution in [0.3, 0.4) is 0 Å². The summed E-state index contributed by atoms with van der Waals surface area (Å²) in [6, 6.07) is 16.1. The molecule has 2 aromatic carbocycles. The Morgan fingerprint density at radius 1 is 1.06 bits per heavy atom. The fourth-order valence-corrected chi connectivity index (χ4v) is 5.82. The number of piperidine rings is 1. The van der Waals surface area contributed by atoms with Crippen LogP contribution in [-0.4, -0.2) is 58.4 Å². The van der Waals surface area contributed by atoms with Crippen LogP contribution in [0, 0.1) is 0 Å². The van der Waals surface area contributed by atoms with Crippen LogP contribution in [0.15, 0.2) is 65.6 Å². The van der Waals surface area contributed by atoms with Crippen LogP contribution < -0.4 is 0 Å². The van der Waals surface area contributed by atoms with Gasteiger partial charge >= 0.3 is 6.09 Å². The molecule has 2 aliphatic heterocycles. The molecule has 0 spiro atoms. The van der Waals surface area contributed by atoms with E-state index in [-0.39, 0.29) is 23.5 Å². The quantitative estimate of drug-likeness (QED) is 0.318. The van der Waals surface area contributed by atoms with E-state index in [1.54, 1.807) is 22.8 Å². The monoisotopic (exact) mass is 490 g/mol. The maximum Gasteiger partial charge on any atom is 0.409 e. The Morgan fingerprint density at radius 3 is 2.49 bits per heavy atom. The number of thiophene rings is 1. The van der Waals surface area contributed by atoms with Gasteiger partial charge < -0.3 is 19.6 Å². The number of rotatable bonds is 4. The van der Waals surface area contributed by atoms with Crippen molar-refractivity contribution in [3.05, 3.63) is 76.0 Å². The molecule has 0 bridgehead atoms. The standard InChI is InChI=1S/C27H26N2O5S/c1-2-34-27(33)28-13-11-20(12-14-28)29-23(21-8-5-15-35-21)22(25(31)26(29)32)24(30)19-10-9-17-6-3-4-7-18(17)16-19/h3-10,15-16,20,23,30H,2,11-14H2,1H3/b24-22-. The molecule has 1 unspecified atom stereocenters. The van der Waals surface area contributed by atoms with Gasteiger partial charge in [-0.2, -0.15) is 0 Å². The number of aliphatic hydroxyl groups is 1. The smallest absolute Gasteiger partial charge is 0.409 e. The molecule has 8 heteroatoms. The Morgan fingerprint density at radius 2 is 1.80 bits per heavy atom. The minimum Gasteiger partial charge on any atom is -0.507 e. The molecule has 180 valence electrons. The van der Waals surface area contributed by atoms with Gasteiger partial charge in [-0.15, -0.1) is 11.3 Å². The highest BCUT2D eigenvalue weighted by Crippen LogP contribution is 2.43. The van der Waals surface area contributed by atoms with Crippen LogP contribution >= 0.6 is 11.3 Å². The van der Waals surface area contributed by atoms with Gasteiger partial charge in [0, 0.05) is 29.6 Å². The summed E-state index contributed by atoms with van der Waals surface area (Å²) in [5.74, 6) is -1.46. The molecular weight excluding hydrogens is 464 g/mol. The summed E-state index contributed by atoms with van der Waals surface area (Å²) in [7, 11) is 0. The highest BCUT2D eigenvalue weighted by atomic mass is 32.1. The number of ether oxygens (including phenoxy) is 1. The average Bonchev–Trinajstić information content (AvgIpc) is 3.50. The third kappa shape index (κ3) is 4.18. The molecule has 5 rings (SSSR count). The van der Waals surface area contributed by atoms with E-state index in [2.05, 4.69) is 0 Å². The number of ketones is 1. The largest absolute Gasteiger partial charge is 0.507 e. The number of benzene rings is 2. The first-order chi connectivity index (χ1) is 17.0. The molecule has 3 heterocycles. The van der Waals surface area contributed by atoms with Gasteiger partial charge in [0.25, 0.3) is 11.7 Å². The topological polar surface area (TPSA) is 87.2 Å². The van der Waals surface area contributed by atoms with E-state index in [9.17, 15) is 19.5 Å². The number of fused-ring (bicyclic) bond motifs is 1. The highest BCUT2D eigenvalue weighted by molar-refractivity contribution is 7.10. The van der Waals surface area contributed by atoms with E-state index in [1.807, 2.05) is 53.9 Å². The number of Topliss-reactive ketones (excluding diaryl/α,β-unsaturated/α-hetero) is 1. The SMILES string of the molecule is CCOC(=O)N1CCC(N2C(=O)C(=O)/C(=C(\O)c3ccc4ccccc4c3)C2c2cccs2)CC1. The lowest BCUT2D eigenvalue weighted by molar-refractivity contribution is -0.142. The van der Waals surface area contributed by atoms with Gasteiger partial charge in [-0.1, -0.05) is 42.5 Å². The van der Waals surface area contributed by atoms with E-state index >= 15 is 0 Å². The second-order valence-electron chi connectivity index (χ2n) is 8.70. The molecule has 1 N–H and O–H groups in total. The van der Waals surface area contributed by atoms with Gasteiger partial charge in [0.2, 0.25) is 0 Å². The molecule has 1 aromatic heterocycles. The zero-order valence-corrected chi connectivity index (χ0v) is 20.2. The lowest BCUT2D eigenvalue weighted by Crippen LogP contribution is -2.48. The average molecular weight is 491 g/mol. The number of hydrogen-bond donors (Lipinski definition) is 1.